The smallest absolute Gasteiger partial charge is 0.201 e. The average Bonchev–Trinajstić information content (AvgIpc) is 1.62. The zero-order valence-corrected chi connectivity index (χ0v) is 5.15. The second kappa shape index (κ2) is 2.56. The molecule has 0 nitrogen and oxygen atoms in total. The Morgan fingerprint density at radius 1 is 1.33 bits per heavy atom. The summed E-state index contributed by atoms with van der Waals surface area (Å²) in [6.45, 7) is 0.213. The van der Waals surface area contributed by atoms with E-state index in [0.29, 0.717) is 0 Å². The monoisotopic (exact) mass is 162 g/mol. The molecule has 0 rings (SSSR count). The first kappa shape index (κ1) is 8.75. The lowest BCUT2D eigenvalue weighted by Gasteiger charge is -2.04. The highest BCUT2D eigenvalue weighted by atomic mass is 35.5. The predicted molar refractivity (Wildman–Crippen MR) is 25.7 cm³/mol. The number of halogens is 5. The Morgan fingerprint density at radius 2 is 1.67 bits per heavy atom. The molecule has 0 radical (unpaired) electrons. The van der Waals surface area contributed by atoms with E-state index < -0.39 is 17.0 Å². The molecule has 0 aromatic rings. The molecule has 0 unspecified atom stereocenters. The van der Waals surface area contributed by atoms with Crippen molar-refractivity contribution in [2.24, 2.45) is 0 Å². The third-order valence-corrected chi connectivity index (χ3v) is 0.717. The summed E-state index contributed by atoms with van der Waals surface area (Å²) in [5.41, 5.74) is 0. The highest BCUT2D eigenvalue weighted by Crippen LogP contribution is 2.28. The van der Waals surface area contributed by atoms with E-state index in [-0.39, 0.29) is 6.92 Å². The van der Waals surface area contributed by atoms with Crippen molar-refractivity contribution in [2.45, 2.75) is 12.8 Å². The number of hydrogen-bond acceptors (Lipinski definition) is 0. The second-order valence-corrected chi connectivity index (χ2v) is 1.79. The van der Waals surface area contributed by atoms with E-state index in [9.17, 15) is 17.6 Å². The van der Waals surface area contributed by atoms with Crippen LogP contribution < -0.4 is 0 Å². The van der Waals surface area contributed by atoms with Crippen LogP contribution in [0.15, 0.2) is 11.1 Å². The Morgan fingerprint density at radius 3 is 1.67 bits per heavy atom. The van der Waals surface area contributed by atoms with Gasteiger partial charge >= 0.3 is 0 Å². The molecule has 0 saturated carbocycles. The Balaban J connectivity index is 4.40. The Labute approximate surface area is 54.1 Å². The van der Waals surface area contributed by atoms with Gasteiger partial charge in [-0.3, -0.25) is 0 Å². The molecule has 0 aliphatic rings. The van der Waals surface area contributed by atoms with Gasteiger partial charge in [0.25, 0.3) is 5.92 Å². The van der Waals surface area contributed by atoms with Gasteiger partial charge in [-0.1, -0.05) is 0 Å². The van der Waals surface area contributed by atoms with Crippen molar-refractivity contribution in [3.8, 4) is 0 Å². The maximum Gasteiger partial charge on any atom is 0.299 e. The summed E-state index contributed by atoms with van der Waals surface area (Å²) < 4.78 is 46.3. The van der Waals surface area contributed by atoms with Crippen molar-refractivity contribution in [3.05, 3.63) is 11.1 Å². The van der Waals surface area contributed by atoms with Gasteiger partial charge in [0.2, 0.25) is 11.1 Å². The van der Waals surface area contributed by atoms with E-state index in [1.54, 1.807) is 0 Å². The molecular weight excluding hydrogens is 159 g/mol. The average molecular weight is 163 g/mol. The molecule has 0 atom stereocenters. The van der Waals surface area contributed by atoms with Crippen LogP contribution in [0.5, 0.6) is 0 Å². The van der Waals surface area contributed by atoms with Crippen LogP contribution in [0.3, 0.4) is 0 Å². The first-order chi connectivity index (χ1) is 3.85. The van der Waals surface area contributed by atoms with Crippen LogP contribution in [-0.4, -0.2) is 5.92 Å². The topological polar surface area (TPSA) is 0 Å². The second-order valence-electron chi connectivity index (χ2n) is 1.46. The molecule has 0 spiro atoms. The number of rotatable bonds is 1. The minimum absolute atomic E-state index is 0.213. The third kappa shape index (κ3) is 2.70. The maximum atomic E-state index is 11.7. The van der Waals surface area contributed by atoms with Crippen LogP contribution in [0.2, 0.25) is 0 Å². The first-order valence-corrected chi connectivity index (χ1v) is 2.32. The van der Waals surface area contributed by atoms with Crippen molar-refractivity contribution < 1.29 is 17.6 Å². The molecule has 0 heterocycles. The highest BCUT2D eigenvalue weighted by molar-refractivity contribution is 6.28. The molecule has 0 saturated heterocycles. The van der Waals surface area contributed by atoms with Crippen molar-refractivity contribution in [1.29, 1.82) is 0 Å². The van der Waals surface area contributed by atoms with Gasteiger partial charge in [-0.2, -0.15) is 13.2 Å². The molecular formula is C4H3ClF4. The van der Waals surface area contributed by atoms with Crippen molar-refractivity contribution in [3.63, 3.8) is 0 Å². The Bertz CT molecular complexity index is 130. The molecule has 0 fully saturated rings. The van der Waals surface area contributed by atoms with Crippen molar-refractivity contribution in [1.82, 2.24) is 0 Å². The fraction of sp³-hybridized carbons (Fsp3) is 0.500. The van der Waals surface area contributed by atoms with Crippen molar-refractivity contribution in [2.75, 3.05) is 0 Å². The SMILES string of the molecule is CC(F)(F)/C(F)=C(\F)Cl. The van der Waals surface area contributed by atoms with E-state index in [0.717, 1.165) is 0 Å². The van der Waals surface area contributed by atoms with E-state index in [1.165, 1.54) is 0 Å². The lowest BCUT2D eigenvalue weighted by Crippen LogP contribution is -2.10. The molecule has 0 aliphatic carbocycles. The fourth-order valence-electron chi connectivity index (χ4n) is 0.166. The van der Waals surface area contributed by atoms with Crippen LogP contribution >= 0.6 is 11.6 Å². The molecule has 0 aromatic heterocycles. The quantitative estimate of drug-likeness (QED) is 0.520. The van der Waals surface area contributed by atoms with Crippen LogP contribution in [0.4, 0.5) is 17.6 Å². The standard InChI is InChI=1S/C4H3ClF4/c1-4(8,9)2(6)3(5)7/h1H3/b3-2+. The number of allylic oxidation sites excluding steroid dienone is 1. The largest absolute Gasteiger partial charge is 0.299 e. The summed E-state index contributed by atoms with van der Waals surface area (Å²) in [5, 5.41) is -2.00. The van der Waals surface area contributed by atoms with Crippen LogP contribution in [-0.2, 0) is 0 Å². The van der Waals surface area contributed by atoms with Gasteiger partial charge in [-0.25, -0.2) is 4.39 Å². The lowest BCUT2D eigenvalue weighted by molar-refractivity contribution is 0.0359. The maximum absolute atomic E-state index is 11.7. The van der Waals surface area contributed by atoms with E-state index >= 15 is 0 Å². The van der Waals surface area contributed by atoms with Gasteiger partial charge in [-0.05, 0) is 11.6 Å². The predicted octanol–water partition coefficient (Wildman–Crippen LogP) is 2.99. The van der Waals surface area contributed by atoms with Crippen LogP contribution in [0, 0.1) is 0 Å². The summed E-state index contributed by atoms with van der Waals surface area (Å²) in [7, 11) is 0. The Hall–Kier alpha value is -0.250. The third-order valence-electron chi connectivity index (χ3n) is 0.551. The molecule has 9 heavy (non-hydrogen) atoms. The van der Waals surface area contributed by atoms with Gasteiger partial charge in [-0.15, -0.1) is 0 Å². The first-order valence-electron chi connectivity index (χ1n) is 1.94. The van der Waals surface area contributed by atoms with E-state index in [4.69, 9.17) is 0 Å². The lowest BCUT2D eigenvalue weighted by atomic mass is 10.4. The molecule has 54 valence electrons. The zero-order valence-electron chi connectivity index (χ0n) is 4.39. The Kier molecular flexibility index (Phi) is 2.49. The number of hydrogen-bond donors (Lipinski definition) is 0. The van der Waals surface area contributed by atoms with E-state index in [2.05, 4.69) is 11.6 Å². The normalized spacial score (nSPS) is 15.3. The highest BCUT2D eigenvalue weighted by Gasteiger charge is 2.31. The van der Waals surface area contributed by atoms with Gasteiger partial charge < -0.3 is 0 Å². The molecule has 0 amide bonds. The fourth-order valence-corrected chi connectivity index (χ4v) is 0.332. The summed E-state index contributed by atoms with van der Waals surface area (Å²) in [6.07, 6.45) is 0. The molecule has 0 aliphatic heterocycles. The van der Waals surface area contributed by atoms with Gasteiger partial charge in [0, 0.05) is 6.92 Å². The summed E-state index contributed by atoms with van der Waals surface area (Å²) in [5.74, 6) is -6.05. The van der Waals surface area contributed by atoms with Crippen LogP contribution in [0.25, 0.3) is 0 Å². The van der Waals surface area contributed by atoms with Crippen molar-refractivity contribution >= 4 is 11.6 Å². The van der Waals surface area contributed by atoms with E-state index in [1.807, 2.05) is 0 Å². The molecule has 0 N–H and O–H groups in total. The summed E-state index contributed by atoms with van der Waals surface area (Å²) in [6, 6.07) is 0. The zero-order chi connectivity index (χ0) is 7.65. The minimum atomic E-state index is -3.81. The van der Waals surface area contributed by atoms with Crippen LogP contribution in [0.1, 0.15) is 6.92 Å². The van der Waals surface area contributed by atoms with Gasteiger partial charge in [0.1, 0.15) is 0 Å². The summed E-state index contributed by atoms with van der Waals surface area (Å²) in [4.78, 5) is 0. The number of alkyl halides is 2. The summed E-state index contributed by atoms with van der Waals surface area (Å²) >= 11 is 4.27. The molecule has 0 aromatic carbocycles. The minimum Gasteiger partial charge on any atom is -0.201 e. The molecule has 5 heteroatoms. The molecule has 0 bridgehead atoms. The van der Waals surface area contributed by atoms with Gasteiger partial charge in [0.05, 0.1) is 0 Å². The van der Waals surface area contributed by atoms with Gasteiger partial charge in [0.15, 0.2) is 0 Å².